The Bertz CT molecular complexity index is 438. The maximum atomic E-state index is 6.07. The molecule has 2 nitrogen and oxygen atoms in total. The molecule has 4 heteroatoms. The SMILES string of the molecule is CC1N=C(c2ccccc2Cl)NC=C1Cl. The summed E-state index contributed by atoms with van der Waals surface area (Å²) in [6.45, 7) is 1.94. The summed E-state index contributed by atoms with van der Waals surface area (Å²) in [6, 6.07) is 7.57. The van der Waals surface area contributed by atoms with Crippen LogP contribution in [0.1, 0.15) is 12.5 Å². The number of benzene rings is 1. The second kappa shape index (κ2) is 4.25. The van der Waals surface area contributed by atoms with Gasteiger partial charge >= 0.3 is 0 Å². The van der Waals surface area contributed by atoms with Gasteiger partial charge in [0.15, 0.2) is 0 Å². The van der Waals surface area contributed by atoms with Crippen molar-refractivity contribution >= 4 is 29.0 Å². The van der Waals surface area contributed by atoms with Crippen LogP contribution in [-0.2, 0) is 0 Å². The standard InChI is InChI=1S/C11H10Cl2N2/c1-7-10(13)6-14-11(15-7)8-4-2-3-5-9(8)12/h2-7H,1H3,(H,14,15). The zero-order valence-electron chi connectivity index (χ0n) is 8.17. The molecule has 1 aromatic carbocycles. The average molecular weight is 241 g/mol. The Labute approximate surface area is 98.6 Å². The summed E-state index contributed by atoms with van der Waals surface area (Å²) in [5.74, 6) is 0.762. The molecule has 15 heavy (non-hydrogen) atoms. The molecule has 1 aromatic rings. The summed E-state index contributed by atoms with van der Waals surface area (Å²) in [5.41, 5.74) is 0.895. The zero-order valence-corrected chi connectivity index (χ0v) is 9.68. The molecule has 0 saturated heterocycles. The molecule has 1 unspecified atom stereocenters. The van der Waals surface area contributed by atoms with E-state index in [-0.39, 0.29) is 6.04 Å². The minimum Gasteiger partial charge on any atom is -0.345 e. The molecule has 1 N–H and O–H groups in total. The third-order valence-electron chi connectivity index (χ3n) is 2.20. The first-order chi connectivity index (χ1) is 7.18. The molecule has 0 fully saturated rings. The smallest absolute Gasteiger partial charge is 0.134 e. The lowest BCUT2D eigenvalue weighted by atomic mass is 10.2. The van der Waals surface area contributed by atoms with Crippen LogP contribution in [0.15, 0.2) is 40.5 Å². The van der Waals surface area contributed by atoms with Gasteiger partial charge in [-0.1, -0.05) is 35.3 Å². The Morgan fingerprint density at radius 1 is 1.27 bits per heavy atom. The number of nitrogens with zero attached hydrogens (tertiary/aromatic N) is 1. The molecule has 2 rings (SSSR count). The number of hydrogen-bond acceptors (Lipinski definition) is 2. The maximum Gasteiger partial charge on any atom is 0.134 e. The molecule has 0 amide bonds. The van der Waals surface area contributed by atoms with Crippen LogP contribution < -0.4 is 5.32 Å². The van der Waals surface area contributed by atoms with Gasteiger partial charge < -0.3 is 5.32 Å². The van der Waals surface area contributed by atoms with Crippen LogP contribution in [0, 0.1) is 0 Å². The normalized spacial score (nSPS) is 20.3. The van der Waals surface area contributed by atoms with Gasteiger partial charge in [-0.3, -0.25) is 4.99 Å². The van der Waals surface area contributed by atoms with E-state index in [1.807, 2.05) is 31.2 Å². The Kier molecular flexibility index (Phi) is 2.98. The molecule has 1 atom stereocenters. The van der Waals surface area contributed by atoms with E-state index in [4.69, 9.17) is 23.2 Å². The highest BCUT2D eigenvalue weighted by molar-refractivity contribution is 6.34. The molecule has 0 aliphatic carbocycles. The summed E-state index contributed by atoms with van der Waals surface area (Å²) in [4.78, 5) is 4.42. The number of halogens is 2. The van der Waals surface area contributed by atoms with Crippen molar-refractivity contribution in [2.24, 2.45) is 4.99 Å². The first-order valence-electron chi connectivity index (χ1n) is 4.63. The molecule has 78 valence electrons. The van der Waals surface area contributed by atoms with Gasteiger partial charge in [-0.15, -0.1) is 0 Å². The van der Waals surface area contributed by atoms with Gasteiger partial charge in [0.05, 0.1) is 16.1 Å². The Hall–Kier alpha value is -0.990. The number of nitrogens with one attached hydrogen (secondary N) is 1. The number of aliphatic imine (C=N–C) groups is 1. The van der Waals surface area contributed by atoms with Gasteiger partial charge in [0.25, 0.3) is 0 Å². The van der Waals surface area contributed by atoms with Gasteiger partial charge in [0, 0.05) is 11.8 Å². The predicted molar refractivity (Wildman–Crippen MR) is 64.5 cm³/mol. The molecule has 0 spiro atoms. The molecule has 1 aliphatic heterocycles. The van der Waals surface area contributed by atoms with E-state index in [1.54, 1.807) is 6.20 Å². The van der Waals surface area contributed by atoms with E-state index >= 15 is 0 Å². The van der Waals surface area contributed by atoms with Crippen molar-refractivity contribution in [1.82, 2.24) is 5.32 Å². The minimum absolute atomic E-state index is 0.0146. The number of hydrogen-bond donors (Lipinski definition) is 1. The van der Waals surface area contributed by atoms with Crippen LogP contribution in [0.3, 0.4) is 0 Å². The van der Waals surface area contributed by atoms with E-state index in [0.29, 0.717) is 10.1 Å². The zero-order chi connectivity index (χ0) is 10.8. The quantitative estimate of drug-likeness (QED) is 0.802. The lowest BCUT2D eigenvalue weighted by Crippen LogP contribution is -2.26. The fraction of sp³-hybridized carbons (Fsp3) is 0.182. The highest BCUT2D eigenvalue weighted by atomic mass is 35.5. The third-order valence-corrected chi connectivity index (χ3v) is 2.95. The summed E-state index contributed by atoms with van der Waals surface area (Å²) in [7, 11) is 0. The molecule has 1 aliphatic rings. The van der Waals surface area contributed by atoms with E-state index in [0.717, 1.165) is 11.4 Å². The van der Waals surface area contributed by atoms with Crippen molar-refractivity contribution in [3.63, 3.8) is 0 Å². The summed E-state index contributed by atoms with van der Waals surface area (Å²) < 4.78 is 0. The largest absolute Gasteiger partial charge is 0.345 e. The Morgan fingerprint density at radius 3 is 2.67 bits per heavy atom. The second-order valence-electron chi connectivity index (χ2n) is 3.31. The molecule has 0 radical (unpaired) electrons. The highest BCUT2D eigenvalue weighted by Crippen LogP contribution is 2.20. The van der Waals surface area contributed by atoms with Crippen molar-refractivity contribution in [3.8, 4) is 0 Å². The van der Waals surface area contributed by atoms with E-state index in [1.165, 1.54) is 0 Å². The first kappa shape index (κ1) is 10.5. The number of amidine groups is 1. The van der Waals surface area contributed by atoms with E-state index in [9.17, 15) is 0 Å². The topological polar surface area (TPSA) is 24.4 Å². The molecule has 0 aromatic heterocycles. The first-order valence-corrected chi connectivity index (χ1v) is 5.39. The van der Waals surface area contributed by atoms with Gasteiger partial charge in [-0.25, -0.2) is 0 Å². The van der Waals surface area contributed by atoms with Gasteiger partial charge in [0.2, 0.25) is 0 Å². The van der Waals surface area contributed by atoms with Crippen molar-refractivity contribution in [3.05, 3.63) is 46.1 Å². The summed E-state index contributed by atoms with van der Waals surface area (Å²) in [5, 5.41) is 4.41. The van der Waals surface area contributed by atoms with E-state index in [2.05, 4.69) is 10.3 Å². The van der Waals surface area contributed by atoms with Crippen molar-refractivity contribution in [2.75, 3.05) is 0 Å². The summed E-state index contributed by atoms with van der Waals surface area (Å²) in [6.07, 6.45) is 1.75. The monoisotopic (exact) mass is 240 g/mol. The van der Waals surface area contributed by atoms with Crippen molar-refractivity contribution in [2.45, 2.75) is 13.0 Å². The van der Waals surface area contributed by atoms with Crippen LogP contribution in [0.2, 0.25) is 5.02 Å². The molecule has 1 heterocycles. The van der Waals surface area contributed by atoms with Crippen LogP contribution in [0.25, 0.3) is 0 Å². The van der Waals surface area contributed by atoms with Gasteiger partial charge in [-0.05, 0) is 19.1 Å². The molecular formula is C11H10Cl2N2. The molecular weight excluding hydrogens is 231 g/mol. The van der Waals surface area contributed by atoms with Crippen LogP contribution in [-0.4, -0.2) is 11.9 Å². The fourth-order valence-electron chi connectivity index (χ4n) is 1.35. The third kappa shape index (κ3) is 2.16. The predicted octanol–water partition coefficient (Wildman–Crippen LogP) is 3.16. The van der Waals surface area contributed by atoms with E-state index < -0.39 is 0 Å². The lowest BCUT2D eigenvalue weighted by Gasteiger charge is -2.17. The second-order valence-corrected chi connectivity index (χ2v) is 4.15. The molecule has 0 bridgehead atoms. The number of rotatable bonds is 1. The highest BCUT2D eigenvalue weighted by Gasteiger charge is 2.14. The van der Waals surface area contributed by atoms with Crippen molar-refractivity contribution < 1.29 is 0 Å². The Morgan fingerprint density at radius 2 is 2.00 bits per heavy atom. The van der Waals surface area contributed by atoms with Crippen LogP contribution in [0.4, 0.5) is 0 Å². The minimum atomic E-state index is -0.0146. The molecule has 0 saturated carbocycles. The fourth-order valence-corrected chi connectivity index (χ4v) is 1.68. The Balaban J connectivity index is 2.35. The maximum absolute atomic E-state index is 6.07. The van der Waals surface area contributed by atoms with Gasteiger partial charge in [0.1, 0.15) is 5.84 Å². The summed E-state index contributed by atoms with van der Waals surface area (Å²) >= 11 is 12.0. The van der Waals surface area contributed by atoms with Gasteiger partial charge in [-0.2, -0.15) is 0 Å². The lowest BCUT2D eigenvalue weighted by molar-refractivity contribution is 0.868. The average Bonchev–Trinajstić information content (AvgIpc) is 2.23. The van der Waals surface area contributed by atoms with Crippen LogP contribution >= 0.6 is 23.2 Å². The van der Waals surface area contributed by atoms with Crippen molar-refractivity contribution in [1.29, 1.82) is 0 Å². The van der Waals surface area contributed by atoms with Crippen LogP contribution in [0.5, 0.6) is 0 Å².